The summed E-state index contributed by atoms with van der Waals surface area (Å²) < 4.78 is 5.68. The van der Waals surface area contributed by atoms with E-state index in [2.05, 4.69) is 15.6 Å². The topological polar surface area (TPSA) is 126 Å². The zero-order valence-electron chi connectivity index (χ0n) is 21.0. The number of carbonyl (C=O) groups excluding carboxylic acids is 1. The van der Waals surface area contributed by atoms with E-state index in [-0.39, 0.29) is 45.8 Å². The lowest BCUT2D eigenvalue weighted by Gasteiger charge is -2.29. The Morgan fingerprint density at radius 2 is 1.79 bits per heavy atom. The molecule has 1 fully saturated rings. The number of amides is 1. The molecule has 1 amide bonds. The summed E-state index contributed by atoms with van der Waals surface area (Å²) in [6.45, 7) is 0. The highest BCUT2D eigenvalue weighted by atomic mass is 35.5. The van der Waals surface area contributed by atoms with Gasteiger partial charge in [0.25, 0.3) is 11.6 Å². The highest BCUT2D eigenvalue weighted by Crippen LogP contribution is 2.33. The van der Waals surface area contributed by atoms with Crippen molar-refractivity contribution in [1.82, 2.24) is 15.3 Å². The van der Waals surface area contributed by atoms with E-state index in [1.165, 1.54) is 18.2 Å². The molecular weight excluding hydrogens is 508 g/mol. The molecule has 5 rings (SSSR count). The smallest absolute Gasteiger partial charge is 0.287 e. The second-order valence-corrected chi connectivity index (χ2v) is 9.97. The van der Waals surface area contributed by atoms with E-state index in [0.29, 0.717) is 5.95 Å². The van der Waals surface area contributed by atoms with Crippen LogP contribution >= 0.6 is 11.6 Å². The minimum absolute atomic E-state index is 0.00572. The van der Waals surface area contributed by atoms with E-state index in [4.69, 9.17) is 21.0 Å². The van der Waals surface area contributed by atoms with Gasteiger partial charge in [0.2, 0.25) is 5.95 Å². The van der Waals surface area contributed by atoms with Crippen molar-refractivity contribution in [2.75, 3.05) is 24.3 Å². The van der Waals surface area contributed by atoms with Crippen LogP contribution in [0.1, 0.15) is 36.2 Å². The van der Waals surface area contributed by atoms with Gasteiger partial charge in [0.05, 0.1) is 16.0 Å². The molecule has 2 aromatic heterocycles. The zero-order chi connectivity index (χ0) is 26.8. The van der Waals surface area contributed by atoms with Gasteiger partial charge in [-0.2, -0.15) is 4.98 Å². The fourth-order valence-corrected chi connectivity index (χ4v) is 4.92. The maximum Gasteiger partial charge on any atom is 0.287 e. The molecule has 0 radical (unpaired) electrons. The lowest BCUT2D eigenvalue weighted by molar-refractivity contribution is -0.384. The number of nitro benzene ring substituents is 1. The Kier molecular flexibility index (Phi) is 7.15. The summed E-state index contributed by atoms with van der Waals surface area (Å²) >= 11 is 5.90. The van der Waals surface area contributed by atoms with Crippen LogP contribution in [0, 0.1) is 10.1 Å². The van der Waals surface area contributed by atoms with Crippen molar-refractivity contribution in [2.45, 2.75) is 37.8 Å². The Labute approximate surface area is 224 Å². The third-order valence-corrected chi connectivity index (χ3v) is 6.89. The maximum atomic E-state index is 12.8. The first-order valence-electron chi connectivity index (χ1n) is 12.3. The number of rotatable bonds is 7. The van der Waals surface area contributed by atoms with Gasteiger partial charge in [-0.05, 0) is 62.1 Å². The van der Waals surface area contributed by atoms with Gasteiger partial charge >= 0.3 is 0 Å². The van der Waals surface area contributed by atoms with Crippen LogP contribution < -0.4 is 15.5 Å². The largest absolute Gasteiger partial charge is 0.451 e. The second-order valence-electron chi connectivity index (χ2n) is 9.53. The first-order valence-corrected chi connectivity index (χ1v) is 12.7. The molecule has 1 saturated carbocycles. The van der Waals surface area contributed by atoms with E-state index < -0.39 is 4.92 Å². The van der Waals surface area contributed by atoms with Gasteiger partial charge in [-0.3, -0.25) is 14.9 Å². The van der Waals surface area contributed by atoms with Crippen LogP contribution in [0.4, 0.5) is 17.5 Å². The minimum Gasteiger partial charge on any atom is -0.451 e. The molecule has 196 valence electrons. The third-order valence-electron chi connectivity index (χ3n) is 6.65. The average molecular weight is 535 g/mol. The highest BCUT2D eigenvalue weighted by Gasteiger charge is 2.26. The molecule has 4 aromatic rings. The van der Waals surface area contributed by atoms with Crippen LogP contribution in [0.25, 0.3) is 22.2 Å². The summed E-state index contributed by atoms with van der Waals surface area (Å²) in [6.07, 6.45) is 3.26. The summed E-state index contributed by atoms with van der Waals surface area (Å²) in [6, 6.07) is 15.5. The number of furan rings is 1. The molecule has 1 aliphatic rings. The van der Waals surface area contributed by atoms with Gasteiger partial charge in [0.15, 0.2) is 5.76 Å². The Morgan fingerprint density at radius 1 is 1.05 bits per heavy atom. The second kappa shape index (κ2) is 10.7. The van der Waals surface area contributed by atoms with Crippen LogP contribution in [0.5, 0.6) is 0 Å². The number of benzene rings is 2. The van der Waals surface area contributed by atoms with Crippen molar-refractivity contribution in [1.29, 1.82) is 0 Å². The number of para-hydroxylation sites is 1. The van der Waals surface area contributed by atoms with E-state index >= 15 is 0 Å². The first kappa shape index (κ1) is 25.5. The van der Waals surface area contributed by atoms with Gasteiger partial charge in [-0.25, -0.2) is 4.98 Å². The molecule has 0 spiro atoms. The molecule has 2 heterocycles. The van der Waals surface area contributed by atoms with E-state index in [0.717, 1.165) is 42.4 Å². The summed E-state index contributed by atoms with van der Waals surface area (Å²) in [5.74, 6) is 1.45. The van der Waals surface area contributed by atoms with Crippen molar-refractivity contribution >= 4 is 45.9 Å². The molecular formula is C27H27ClN6O4. The minimum atomic E-state index is -0.528. The van der Waals surface area contributed by atoms with Gasteiger partial charge < -0.3 is 20.0 Å². The predicted molar refractivity (Wildman–Crippen MR) is 147 cm³/mol. The van der Waals surface area contributed by atoms with Crippen LogP contribution in [-0.4, -0.2) is 47.0 Å². The number of halogens is 1. The lowest BCUT2D eigenvalue weighted by Crippen LogP contribution is -2.40. The Hall–Kier alpha value is -4.18. The first-order chi connectivity index (χ1) is 18.3. The van der Waals surface area contributed by atoms with Gasteiger partial charge in [0.1, 0.15) is 11.6 Å². The number of anilines is 2. The van der Waals surface area contributed by atoms with E-state index in [1.54, 1.807) is 12.1 Å². The van der Waals surface area contributed by atoms with Crippen LogP contribution in [-0.2, 0) is 0 Å². The van der Waals surface area contributed by atoms with Crippen molar-refractivity contribution in [2.24, 2.45) is 0 Å². The van der Waals surface area contributed by atoms with Crippen LogP contribution in [0.15, 0.2) is 59.0 Å². The number of hydrogen-bond acceptors (Lipinski definition) is 8. The predicted octanol–water partition coefficient (Wildman–Crippen LogP) is 5.67. The van der Waals surface area contributed by atoms with Crippen LogP contribution in [0.3, 0.4) is 0 Å². The van der Waals surface area contributed by atoms with Gasteiger partial charge in [-0.15, -0.1) is 0 Å². The molecule has 0 bridgehead atoms. The van der Waals surface area contributed by atoms with Crippen LogP contribution in [0.2, 0.25) is 5.02 Å². The number of nitrogens with zero attached hydrogens (tertiary/aromatic N) is 4. The van der Waals surface area contributed by atoms with E-state index in [1.807, 2.05) is 43.3 Å². The molecule has 10 nitrogen and oxygen atoms in total. The number of nitrogens with one attached hydrogen (secondary N) is 2. The van der Waals surface area contributed by atoms with Crippen molar-refractivity contribution in [3.8, 4) is 11.3 Å². The normalized spacial score (nSPS) is 17.2. The molecule has 11 heteroatoms. The molecule has 0 saturated heterocycles. The molecule has 0 unspecified atom stereocenters. The quantitative estimate of drug-likeness (QED) is 0.229. The fourth-order valence-electron chi connectivity index (χ4n) is 4.76. The third kappa shape index (κ3) is 5.40. The molecule has 0 atom stereocenters. The number of aromatic nitrogens is 2. The number of nitro groups is 1. The van der Waals surface area contributed by atoms with Crippen molar-refractivity contribution in [3.63, 3.8) is 0 Å². The number of carbonyl (C=O) groups is 1. The monoisotopic (exact) mass is 534 g/mol. The van der Waals surface area contributed by atoms with Crippen molar-refractivity contribution in [3.05, 3.63) is 75.5 Å². The molecule has 1 aliphatic carbocycles. The Bertz CT molecular complexity index is 1500. The molecule has 38 heavy (non-hydrogen) atoms. The maximum absolute atomic E-state index is 12.8. The fraction of sp³-hybridized carbons (Fsp3) is 0.296. The Morgan fingerprint density at radius 3 is 2.53 bits per heavy atom. The molecule has 2 N–H and O–H groups in total. The molecule has 2 aromatic carbocycles. The summed E-state index contributed by atoms with van der Waals surface area (Å²) in [7, 11) is 3.93. The molecule has 0 aliphatic heterocycles. The number of fused-ring (bicyclic) bond motifs is 1. The zero-order valence-corrected chi connectivity index (χ0v) is 21.7. The van der Waals surface area contributed by atoms with E-state index in [9.17, 15) is 14.9 Å². The highest BCUT2D eigenvalue weighted by molar-refractivity contribution is 6.30. The SMILES string of the molecule is CN(C)c1nc(NC2CCC(NC(=O)c3ccc(-c4ccc(Cl)cc4[N+](=O)[O-])o3)CC2)nc2ccccc12. The summed E-state index contributed by atoms with van der Waals surface area (Å²) in [5, 5.41) is 19.2. The van der Waals surface area contributed by atoms with Gasteiger partial charge in [-0.1, -0.05) is 23.7 Å². The van der Waals surface area contributed by atoms with Gasteiger partial charge in [0, 0.05) is 42.7 Å². The summed E-state index contributed by atoms with van der Waals surface area (Å²) in [4.78, 5) is 35.1. The summed E-state index contributed by atoms with van der Waals surface area (Å²) in [5.41, 5.74) is 0.965. The lowest BCUT2D eigenvalue weighted by atomic mass is 9.91. The average Bonchev–Trinajstić information content (AvgIpc) is 3.39. The Balaban J connectivity index is 1.20. The standard InChI is InChI=1S/C27H27ClN6O4/c1-33(2)25-19-5-3-4-6-21(19)31-27(32-25)30-18-10-8-17(9-11-18)29-26(35)24-14-13-23(38-24)20-12-7-16(28)15-22(20)34(36)37/h3-7,12-15,17-18H,8-11H2,1-2H3,(H,29,35)(H,30,31,32). The number of hydrogen-bond donors (Lipinski definition) is 2. The van der Waals surface area contributed by atoms with Crippen molar-refractivity contribution < 1.29 is 14.1 Å².